The molecular formula is C28H31N3O5. The number of hydrogen-bond donors (Lipinski definition) is 1. The highest BCUT2D eigenvalue weighted by atomic mass is 16.6. The SMILES string of the molecule is CN(C)CCN(C(=O)c1ccccc1)N1C(=O)O[C@H](CO)[C@H]1c1ccc(OCc2ccccc2)cc1. The lowest BCUT2D eigenvalue weighted by Gasteiger charge is -2.35. The van der Waals surface area contributed by atoms with Gasteiger partial charge < -0.3 is 19.5 Å². The zero-order valence-corrected chi connectivity index (χ0v) is 20.5. The molecule has 1 aliphatic heterocycles. The number of aliphatic hydroxyl groups is 1. The molecule has 188 valence electrons. The molecule has 1 saturated heterocycles. The van der Waals surface area contributed by atoms with Gasteiger partial charge in [-0.1, -0.05) is 60.7 Å². The number of nitrogens with zero attached hydrogens (tertiary/aromatic N) is 3. The first-order valence-electron chi connectivity index (χ1n) is 11.9. The normalized spacial score (nSPS) is 17.2. The van der Waals surface area contributed by atoms with Gasteiger partial charge in [0.25, 0.3) is 5.91 Å². The van der Waals surface area contributed by atoms with Crippen LogP contribution in [0.1, 0.15) is 27.5 Å². The molecule has 1 fully saturated rings. The average Bonchev–Trinajstić information content (AvgIpc) is 3.24. The van der Waals surface area contributed by atoms with E-state index in [1.807, 2.05) is 79.7 Å². The van der Waals surface area contributed by atoms with Gasteiger partial charge in [-0.15, -0.1) is 0 Å². The fourth-order valence-corrected chi connectivity index (χ4v) is 4.09. The van der Waals surface area contributed by atoms with Crippen molar-refractivity contribution < 1.29 is 24.2 Å². The first kappa shape index (κ1) is 25.2. The molecule has 1 heterocycles. The molecular weight excluding hydrogens is 458 g/mol. The Morgan fingerprint density at radius 3 is 2.19 bits per heavy atom. The second-order valence-corrected chi connectivity index (χ2v) is 8.84. The third-order valence-electron chi connectivity index (χ3n) is 5.98. The number of benzene rings is 3. The van der Waals surface area contributed by atoms with Gasteiger partial charge in [0.15, 0.2) is 6.10 Å². The van der Waals surface area contributed by atoms with Gasteiger partial charge in [0, 0.05) is 12.1 Å². The zero-order valence-electron chi connectivity index (χ0n) is 20.5. The highest BCUT2D eigenvalue weighted by molar-refractivity contribution is 5.95. The molecule has 0 unspecified atom stereocenters. The first-order chi connectivity index (χ1) is 17.5. The molecule has 3 aromatic rings. The van der Waals surface area contributed by atoms with E-state index in [1.165, 1.54) is 10.0 Å². The minimum absolute atomic E-state index is 0.267. The molecule has 2 atom stereocenters. The van der Waals surface area contributed by atoms with Gasteiger partial charge in [-0.2, -0.15) is 0 Å². The number of carbonyl (C=O) groups is 2. The van der Waals surface area contributed by atoms with Crippen LogP contribution in [0.3, 0.4) is 0 Å². The Balaban J connectivity index is 1.60. The van der Waals surface area contributed by atoms with Crippen molar-refractivity contribution in [3.8, 4) is 5.75 Å². The number of carbonyl (C=O) groups excluding carboxylic acids is 2. The van der Waals surface area contributed by atoms with Crippen molar-refractivity contribution in [1.29, 1.82) is 0 Å². The molecule has 1 aliphatic rings. The van der Waals surface area contributed by atoms with E-state index >= 15 is 0 Å². The van der Waals surface area contributed by atoms with Crippen LogP contribution >= 0.6 is 0 Å². The summed E-state index contributed by atoms with van der Waals surface area (Å²) in [5.41, 5.74) is 2.24. The highest BCUT2D eigenvalue weighted by Crippen LogP contribution is 2.36. The van der Waals surface area contributed by atoms with Gasteiger partial charge in [-0.25, -0.2) is 14.8 Å². The number of cyclic esters (lactones) is 1. The van der Waals surface area contributed by atoms with Crippen molar-refractivity contribution >= 4 is 12.0 Å². The van der Waals surface area contributed by atoms with Crippen LogP contribution < -0.4 is 4.74 Å². The van der Waals surface area contributed by atoms with Gasteiger partial charge in [0.2, 0.25) is 0 Å². The summed E-state index contributed by atoms with van der Waals surface area (Å²) in [6.07, 6.45) is -1.49. The largest absolute Gasteiger partial charge is 0.489 e. The van der Waals surface area contributed by atoms with E-state index in [0.29, 0.717) is 24.5 Å². The van der Waals surface area contributed by atoms with Crippen molar-refractivity contribution in [1.82, 2.24) is 14.9 Å². The summed E-state index contributed by atoms with van der Waals surface area (Å²) in [6.45, 7) is 0.856. The van der Waals surface area contributed by atoms with E-state index in [1.54, 1.807) is 24.3 Å². The molecule has 4 rings (SSSR count). The fourth-order valence-electron chi connectivity index (χ4n) is 4.09. The van der Waals surface area contributed by atoms with Crippen molar-refractivity contribution in [3.63, 3.8) is 0 Å². The molecule has 1 N–H and O–H groups in total. The topological polar surface area (TPSA) is 82.6 Å². The summed E-state index contributed by atoms with van der Waals surface area (Å²) in [7, 11) is 3.80. The van der Waals surface area contributed by atoms with Crippen LogP contribution in [0.25, 0.3) is 0 Å². The van der Waals surface area contributed by atoms with Crippen LogP contribution in [-0.2, 0) is 11.3 Å². The van der Waals surface area contributed by atoms with Crippen molar-refractivity contribution in [2.45, 2.75) is 18.8 Å². The lowest BCUT2D eigenvalue weighted by atomic mass is 10.0. The second-order valence-electron chi connectivity index (χ2n) is 8.84. The Labute approximate surface area is 211 Å². The Morgan fingerprint density at radius 2 is 1.58 bits per heavy atom. The molecule has 0 bridgehead atoms. The summed E-state index contributed by atoms with van der Waals surface area (Å²) >= 11 is 0. The van der Waals surface area contributed by atoms with E-state index in [4.69, 9.17) is 9.47 Å². The molecule has 8 heteroatoms. The fraction of sp³-hybridized carbons (Fsp3) is 0.286. The van der Waals surface area contributed by atoms with Gasteiger partial charge in [-0.3, -0.25) is 4.79 Å². The molecule has 0 aromatic heterocycles. The highest BCUT2D eigenvalue weighted by Gasteiger charge is 2.47. The molecule has 36 heavy (non-hydrogen) atoms. The number of ether oxygens (including phenoxy) is 2. The lowest BCUT2D eigenvalue weighted by molar-refractivity contribution is -0.00288. The monoisotopic (exact) mass is 489 g/mol. The summed E-state index contributed by atoms with van der Waals surface area (Å²) in [5, 5.41) is 12.8. The van der Waals surface area contributed by atoms with Crippen LogP contribution in [0.4, 0.5) is 4.79 Å². The van der Waals surface area contributed by atoms with Crippen molar-refractivity contribution in [2.75, 3.05) is 33.8 Å². The van der Waals surface area contributed by atoms with E-state index in [9.17, 15) is 14.7 Å². The first-order valence-corrected chi connectivity index (χ1v) is 11.9. The Morgan fingerprint density at radius 1 is 0.944 bits per heavy atom. The standard InChI is InChI=1S/C28H31N3O5/c1-29(2)17-18-30(27(33)23-11-7-4-8-12-23)31-26(25(19-32)36-28(31)34)22-13-15-24(16-14-22)35-20-21-9-5-3-6-10-21/h3-16,25-26,32H,17-20H2,1-2H3/t25-,26-/m1/s1. The smallest absolute Gasteiger partial charge is 0.430 e. The predicted octanol–water partition coefficient (Wildman–Crippen LogP) is 3.74. The summed E-state index contributed by atoms with van der Waals surface area (Å²) in [4.78, 5) is 28.5. The summed E-state index contributed by atoms with van der Waals surface area (Å²) in [5.74, 6) is 0.352. The van der Waals surface area contributed by atoms with E-state index in [2.05, 4.69) is 0 Å². The molecule has 8 nitrogen and oxygen atoms in total. The van der Waals surface area contributed by atoms with Crippen LogP contribution in [0.15, 0.2) is 84.9 Å². The maximum absolute atomic E-state index is 13.5. The zero-order chi connectivity index (χ0) is 25.5. The molecule has 2 amide bonds. The molecule has 3 aromatic carbocycles. The number of rotatable bonds is 10. The average molecular weight is 490 g/mol. The second kappa shape index (κ2) is 11.7. The third kappa shape index (κ3) is 5.84. The van der Waals surface area contributed by atoms with Crippen LogP contribution in [0.2, 0.25) is 0 Å². The maximum atomic E-state index is 13.5. The van der Waals surface area contributed by atoms with Crippen LogP contribution in [-0.4, -0.2) is 71.9 Å². The third-order valence-corrected chi connectivity index (χ3v) is 5.98. The van der Waals surface area contributed by atoms with Crippen LogP contribution in [0.5, 0.6) is 5.75 Å². The van der Waals surface area contributed by atoms with Gasteiger partial charge in [0.1, 0.15) is 18.4 Å². The number of likely N-dealkylation sites (N-methyl/N-ethyl adjacent to an activating group) is 1. The number of hydrogen-bond acceptors (Lipinski definition) is 6. The van der Waals surface area contributed by atoms with Crippen LogP contribution in [0, 0.1) is 0 Å². The summed E-state index contributed by atoms with van der Waals surface area (Å²) in [6, 6.07) is 25.3. The molecule has 0 radical (unpaired) electrons. The Bertz CT molecular complexity index is 1140. The van der Waals surface area contributed by atoms with Crippen molar-refractivity contribution in [2.24, 2.45) is 0 Å². The minimum atomic E-state index is -0.820. The van der Waals surface area contributed by atoms with E-state index < -0.39 is 18.2 Å². The van der Waals surface area contributed by atoms with E-state index in [0.717, 1.165) is 11.1 Å². The number of hydrazine groups is 1. The quantitative estimate of drug-likeness (QED) is 0.467. The Kier molecular flexibility index (Phi) is 8.20. The van der Waals surface area contributed by atoms with E-state index in [-0.39, 0.29) is 19.1 Å². The number of amides is 2. The minimum Gasteiger partial charge on any atom is -0.489 e. The van der Waals surface area contributed by atoms with Gasteiger partial charge >= 0.3 is 6.09 Å². The maximum Gasteiger partial charge on any atom is 0.430 e. The van der Waals surface area contributed by atoms with Gasteiger partial charge in [-0.05, 0) is 49.5 Å². The predicted molar refractivity (Wildman–Crippen MR) is 135 cm³/mol. The summed E-state index contributed by atoms with van der Waals surface area (Å²) < 4.78 is 11.4. The lowest BCUT2D eigenvalue weighted by Crippen LogP contribution is -2.51. The number of aliphatic hydroxyl groups excluding tert-OH is 1. The van der Waals surface area contributed by atoms with Crippen molar-refractivity contribution in [3.05, 3.63) is 102 Å². The Hall–Kier alpha value is -3.88. The molecule has 0 saturated carbocycles. The molecule has 0 aliphatic carbocycles. The molecule has 0 spiro atoms. The van der Waals surface area contributed by atoms with Gasteiger partial charge in [0.05, 0.1) is 13.2 Å².